The van der Waals surface area contributed by atoms with E-state index in [1.54, 1.807) is 22.8 Å². The molecule has 1 fully saturated rings. The van der Waals surface area contributed by atoms with Crippen molar-refractivity contribution in [1.82, 2.24) is 29.1 Å². The summed E-state index contributed by atoms with van der Waals surface area (Å²) in [5.41, 5.74) is 13.6. The van der Waals surface area contributed by atoms with Gasteiger partial charge >= 0.3 is 0 Å². The van der Waals surface area contributed by atoms with Gasteiger partial charge in [-0.15, -0.1) is 0 Å². The summed E-state index contributed by atoms with van der Waals surface area (Å²) in [5, 5.41) is 21.3. The molecule has 13 heteroatoms. The Morgan fingerprint density at radius 3 is 2.84 bits per heavy atom. The van der Waals surface area contributed by atoms with Crippen LogP contribution in [-0.2, 0) is 11.3 Å². The van der Waals surface area contributed by atoms with E-state index in [2.05, 4.69) is 19.9 Å². The van der Waals surface area contributed by atoms with Crippen molar-refractivity contribution in [3.05, 3.63) is 41.2 Å². The molecule has 4 atom stereocenters. The molecule has 0 aliphatic carbocycles. The second-order valence-electron chi connectivity index (χ2n) is 7.27. The van der Waals surface area contributed by atoms with Crippen LogP contribution in [0, 0.1) is 4.77 Å². The number of carbonyl (C=O) groups is 1. The Hall–Kier alpha value is -3.39. The maximum Gasteiger partial charge on any atom is 0.248 e. The summed E-state index contributed by atoms with van der Waals surface area (Å²) in [6, 6.07) is 4.91. The Labute approximate surface area is 179 Å². The van der Waals surface area contributed by atoms with Crippen LogP contribution in [0.15, 0.2) is 30.9 Å². The van der Waals surface area contributed by atoms with E-state index in [1.165, 1.54) is 17.2 Å². The normalized spacial score (nSPS) is 23.7. The van der Waals surface area contributed by atoms with E-state index < -0.39 is 30.4 Å². The molecular weight excluding hydrogens is 424 g/mol. The molecule has 1 amide bonds. The smallest absolute Gasteiger partial charge is 0.248 e. The first kappa shape index (κ1) is 19.6. The van der Waals surface area contributed by atoms with Crippen LogP contribution in [-0.4, -0.2) is 63.5 Å². The molecule has 1 aliphatic heterocycles. The molecule has 0 bridgehead atoms. The Bertz CT molecular complexity index is 1380. The standard InChI is InChI=1S/C18H18N8O4S/c19-14-11-16(22-5-21-14)26(6-23-11)17-13(28)12(27)10(30-17)4-25-9-2-1-7(15(20)29)3-8(9)24-18(25)31/h1-3,5-6,10,12-13,17,27-28H,4H2,(H2,20,29)(H,24,31)(H2,19,21,22)/t10?,12-,13-,17-/m1/s1. The van der Waals surface area contributed by atoms with Gasteiger partial charge in [-0.3, -0.25) is 9.36 Å². The number of nitrogens with one attached hydrogen (secondary N) is 1. The van der Waals surface area contributed by atoms with Crippen LogP contribution in [0.1, 0.15) is 16.6 Å². The molecule has 4 aromatic rings. The second kappa shape index (κ2) is 7.09. The predicted octanol–water partition coefficient (Wildman–Crippen LogP) is -0.161. The lowest BCUT2D eigenvalue weighted by Gasteiger charge is -2.16. The topological polar surface area (TPSA) is 183 Å². The largest absolute Gasteiger partial charge is 0.387 e. The molecule has 160 valence electrons. The number of nitrogens with two attached hydrogens (primary N) is 2. The molecule has 0 radical (unpaired) electrons. The van der Waals surface area contributed by atoms with E-state index in [-0.39, 0.29) is 12.4 Å². The Kier molecular flexibility index (Phi) is 4.48. The molecule has 31 heavy (non-hydrogen) atoms. The van der Waals surface area contributed by atoms with E-state index in [0.29, 0.717) is 32.5 Å². The number of rotatable bonds is 4. The highest BCUT2D eigenvalue weighted by Crippen LogP contribution is 2.33. The first-order valence-electron chi connectivity index (χ1n) is 9.32. The van der Waals surface area contributed by atoms with Crippen molar-refractivity contribution in [1.29, 1.82) is 0 Å². The maximum absolute atomic E-state index is 11.4. The fourth-order valence-electron chi connectivity index (χ4n) is 3.84. The number of carbonyl (C=O) groups excluding carboxylic acids is 1. The lowest BCUT2D eigenvalue weighted by molar-refractivity contribution is -0.0391. The Morgan fingerprint density at radius 1 is 1.26 bits per heavy atom. The van der Waals surface area contributed by atoms with E-state index in [4.69, 9.17) is 28.4 Å². The highest BCUT2D eigenvalue weighted by Gasteiger charge is 2.44. The average molecular weight is 442 g/mol. The van der Waals surface area contributed by atoms with Gasteiger partial charge < -0.3 is 36.0 Å². The summed E-state index contributed by atoms with van der Waals surface area (Å²) in [6.07, 6.45) is -1.42. The predicted molar refractivity (Wildman–Crippen MR) is 111 cm³/mol. The number of hydrogen-bond acceptors (Lipinski definition) is 9. The van der Waals surface area contributed by atoms with Crippen LogP contribution in [0.4, 0.5) is 5.82 Å². The van der Waals surface area contributed by atoms with Crippen molar-refractivity contribution in [3.8, 4) is 0 Å². The van der Waals surface area contributed by atoms with Gasteiger partial charge in [0.1, 0.15) is 30.2 Å². The lowest BCUT2D eigenvalue weighted by atomic mass is 10.1. The third-order valence-electron chi connectivity index (χ3n) is 5.42. The van der Waals surface area contributed by atoms with Gasteiger partial charge in [-0.25, -0.2) is 15.0 Å². The summed E-state index contributed by atoms with van der Waals surface area (Å²) in [4.78, 5) is 26.7. The minimum atomic E-state index is -1.24. The number of fused-ring (bicyclic) bond motifs is 2. The molecule has 0 spiro atoms. The SMILES string of the molecule is NC(=O)c1ccc2c(c1)[nH]c(=S)n2CC1O[C@@H](n2cnc3c(N)ncnc32)[C@H](O)[C@@H]1O. The summed E-state index contributed by atoms with van der Waals surface area (Å²) in [6.45, 7) is 0.160. The summed E-state index contributed by atoms with van der Waals surface area (Å²) < 4.78 is 9.59. The molecule has 1 unspecified atom stereocenters. The number of nitrogen functional groups attached to an aromatic ring is 1. The minimum Gasteiger partial charge on any atom is -0.387 e. The minimum absolute atomic E-state index is 0.160. The van der Waals surface area contributed by atoms with E-state index in [9.17, 15) is 15.0 Å². The number of ether oxygens (including phenoxy) is 1. The van der Waals surface area contributed by atoms with Crippen molar-refractivity contribution < 1.29 is 19.7 Å². The maximum atomic E-state index is 11.4. The lowest BCUT2D eigenvalue weighted by Crippen LogP contribution is -2.33. The van der Waals surface area contributed by atoms with Crippen molar-refractivity contribution in [3.63, 3.8) is 0 Å². The molecule has 4 heterocycles. The van der Waals surface area contributed by atoms with E-state index in [0.717, 1.165) is 0 Å². The summed E-state index contributed by atoms with van der Waals surface area (Å²) in [5.74, 6) is -0.347. The van der Waals surface area contributed by atoms with Crippen LogP contribution < -0.4 is 11.5 Å². The van der Waals surface area contributed by atoms with Crippen molar-refractivity contribution in [2.75, 3.05) is 5.73 Å². The van der Waals surface area contributed by atoms with Gasteiger partial charge in [0.25, 0.3) is 0 Å². The van der Waals surface area contributed by atoms with Crippen LogP contribution in [0.3, 0.4) is 0 Å². The molecule has 1 saturated heterocycles. The highest BCUT2D eigenvalue weighted by atomic mass is 32.1. The number of imidazole rings is 2. The molecule has 3 aromatic heterocycles. The zero-order valence-electron chi connectivity index (χ0n) is 15.9. The van der Waals surface area contributed by atoms with Gasteiger partial charge in [-0.05, 0) is 30.4 Å². The number of benzene rings is 1. The second-order valence-corrected chi connectivity index (χ2v) is 7.65. The first-order chi connectivity index (χ1) is 14.8. The summed E-state index contributed by atoms with van der Waals surface area (Å²) in [7, 11) is 0. The van der Waals surface area contributed by atoms with Crippen molar-refractivity contribution in [2.45, 2.75) is 31.1 Å². The number of H-pyrrole nitrogens is 1. The molecule has 12 nitrogen and oxygen atoms in total. The Morgan fingerprint density at radius 2 is 2.06 bits per heavy atom. The number of aromatic nitrogens is 6. The number of hydrogen-bond donors (Lipinski definition) is 5. The molecule has 1 aromatic carbocycles. The fourth-order valence-corrected chi connectivity index (χ4v) is 4.13. The molecule has 5 rings (SSSR count). The third-order valence-corrected chi connectivity index (χ3v) is 5.74. The van der Waals surface area contributed by atoms with Gasteiger partial charge in [0.2, 0.25) is 5.91 Å². The zero-order chi connectivity index (χ0) is 21.9. The van der Waals surface area contributed by atoms with E-state index >= 15 is 0 Å². The first-order valence-corrected chi connectivity index (χ1v) is 9.73. The van der Waals surface area contributed by atoms with Gasteiger partial charge in [0.15, 0.2) is 22.5 Å². The van der Waals surface area contributed by atoms with Crippen LogP contribution in [0.5, 0.6) is 0 Å². The number of amides is 1. The molecule has 1 aliphatic rings. The number of aliphatic hydroxyl groups excluding tert-OH is 2. The Balaban J connectivity index is 1.47. The molecule has 0 saturated carbocycles. The fraction of sp³-hybridized carbons (Fsp3) is 0.278. The van der Waals surface area contributed by atoms with E-state index in [1.807, 2.05) is 0 Å². The quantitative estimate of drug-likeness (QED) is 0.268. The van der Waals surface area contributed by atoms with Gasteiger partial charge in [0.05, 0.1) is 23.9 Å². The van der Waals surface area contributed by atoms with Crippen LogP contribution in [0.2, 0.25) is 0 Å². The van der Waals surface area contributed by atoms with Gasteiger partial charge in [-0.2, -0.15) is 0 Å². The van der Waals surface area contributed by atoms with Crippen molar-refractivity contribution in [2.24, 2.45) is 5.73 Å². The zero-order valence-corrected chi connectivity index (χ0v) is 16.7. The number of nitrogens with zero attached hydrogens (tertiary/aromatic N) is 5. The highest BCUT2D eigenvalue weighted by molar-refractivity contribution is 7.71. The summed E-state index contributed by atoms with van der Waals surface area (Å²) >= 11 is 5.40. The van der Waals surface area contributed by atoms with Gasteiger partial charge in [-0.1, -0.05) is 0 Å². The molecular formula is C18H18N8O4S. The number of primary amides is 1. The number of aromatic amines is 1. The number of anilines is 1. The monoisotopic (exact) mass is 442 g/mol. The van der Waals surface area contributed by atoms with Crippen LogP contribution in [0.25, 0.3) is 22.2 Å². The molecule has 7 N–H and O–H groups in total. The van der Waals surface area contributed by atoms with Crippen LogP contribution >= 0.6 is 12.2 Å². The third kappa shape index (κ3) is 3.06. The van der Waals surface area contributed by atoms with Gasteiger partial charge in [0, 0.05) is 5.56 Å². The number of aliphatic hydroxyl groups is 2. The average Bonchev–Trinajstić information content (AvgIpc) is 3.38. The van der Waals surface area contributed by atoms with Crippen molar-refractivity contribution >= 4 is 46.1 Å².